The lowest BCUT2D eigenvalue weighted by molar-refractivity contribution is -0.133. The lowest BCUT2D eigenvalue weighted by atomic mass is 10.2. The molecule has 3 N–H and O–H groups in total. The van der Waals surface area contributed by atoms with Gasteiger partial charge in [0.2, 0.25) is 5.16 Å². The van der Waals surface area contributed by atoms with Crippen LogP contribution in [0.5, 0.6) is 5.75 Å². The Morgan fingerprint density at radius 2 is 2.15 bits per heavy atom. The number of benzene rings is 1. The molecule has 0 saturated heterocycles. The van der Waals surface area contributed by atoms with Crippen molar-refractivity contribution in [1.29, 1.82) is 0 Å². The fraction of sp³-hybridized carbons (Fsp3) is 0.250. The van der Waals surface area contributed by atoms with Crippen molar-refractivity contribution in [3.05, 3.63) is 22.7 Å². The van der Waals surface area contributed by atoms with Crippen LogP contribution in [-0.4, -0.2) is 37.1 Å². The molecule has 1 aromatic carbocycles. The van der Waals surface area contributed by atoms with E-state index in [1.165, 1.54) is 6.07 Å². The van der Waals surface area contributed by atoms with Crippen molar-refractivity contribution >= 4 is 33.7 Å². The second-order valence-corrected chi connectivity index (χ2v) is 5.17. The highest BCUT2D eigenvalue weighted by molar-refractivity contribution is 9.10. The summed E-state index contributed by atoms with van der Waals surface area (Å²) in [5.41, 5.74) is 0.499. The van der Waals surface area contributed by atoms with Crippen LogP contribution < -0.4 is 0 Å². The van der Waals surface area contributed by atoms with Crippen molar-refractivity contribution in [2.75, 3.05) is 5.75 Å². The van der Waals surface area contributed by atoms with Crippen molar-refractivity contribution < 1.29 is 15.0 Å². The number of hydrogen-bond donors (Lipinski definition) is 3. The van der Waals surface area contributed by atoms with Crippen LogP contribution in [0.4, 0.5) is 0 Å². The minimum atomic E-state index is -0.934. The molecule has 0 aliphatic heterocycles. The van der Waals surface area contributed by atoms with Gasteiger partial charge in [0.15, 0.2) is 5.82 Å². The van der Waals surface area contributed by atoms with Gasteiger partial charge < -0.3 is 10.2 Å². The predicted molar refractivity (Wildman–Crippen MR) is 80.9 cm³/mol. The number of phenolic OH excluding ortho intramolecular Hbond substituents is 1. The summed E-state index contributed by atoms with van der Waals surface area (Å²) >= 11 is 4.30. The summed E-state index contributed by atoms with van der Waals surface area (Å²) < 4.78 is 0.798. The van der Waals surface area contributed by atoms with Gasteiger partial charge in [-0.25, -0.2) is 4.98 Å². The van der Waals surface area contributed by atoms with Crippen LogP contribution in [0, 0.1) is 0 Å². The molecule has 0 aliphatic carbocycles. The van der Waals surface area contributed by atoms with Gasteiger partial charge in [0.05, 0.1) is 11.3 Å². The van der Waals surface area contributed by atoms with E-state index in [4.69, 9.17) is 5.11 Å². The number of aromatic nitrogens is 3. The standard InChI is InChI=1S/C10H8BrN3O3S.C2H6/c11-5-1-2-7(15)6(3-5)9-12-10(14-13-9)18-4-8(16)17;1-2/h1-3,15H,4H2,(H,16,17)(H,12,13,14);1-2H3. The Labute approximate surface area is 128 Å². The number of aliphatic carboxylic acids is 1. The van der Waals surface area contributed by atoms with Crippen LogP contribution in [0.2, 0.25) is 0 Å². The van der Waals surface area contributed by atoms with Gasteiger partial charge in [-0.3, -0.25) is 9.89 Å². The molecule has 0 unspecified atom stereocenters. The molecular weight excluding hydrogens is 346 g/mol. The molecule has 2 aromatic rings. The zero-order valence-corrected chi connectivity index (χ0v) is 13.3. The lowest BCUT2D eigenvalue weighted by Gasteiger charge is -2.00. The van der Waals surface area contributed by atoms with Gasteiger partial charge in [-0.2, -0.15) is 0 Å². The number of rotatable bonds is 4. The largest absolute Gasteiger partial charge is 0.507 e. The number of carbonyl (C=O) groups is 1. The third-order valence-corrected chi connectivity index (χ3v) is 3.33. The van der Waals surface area contributed by atoms with Gasteiger partial charge in [-0.1, -0.05) is 41.5 Å². The highest BCUT2D eigenvalue weighted by Crippen LogP contribution is 2.30. The third-order valence-electron chi connectivity index (χ3n) is 2.00. The summed E-state index contributed by atoms with van der Waals surface area (Å²) in [5.74, 6) is -0.579. The Bertz CT molecular complexity index is 589. The van der Waals surface area contributed by atoms with E-state index in [0.717, 1.165) is 16.2 Å². The van der Waals surface area contributed by atoms with E-state index in [9.17, 15) is 9.90 Å². The number of nitrogens with one attached hydrogen (secondary N) is 1. The fourth-order valence-corrected chi connectivity index (χ4v) is 2.14. The Morgan fingerprint density at radius 3 is 2.80 bits per heavy atom. The average molecular weight is 360 g/mol. The fourth-order valence-electron chi connectivity index (χ4n) is 1.26. The summed E-state index contributed by atoms with van der Waals surface area (Å²) in [7, 11) is 0. The zero-order chi connectivity index (χ0) is 15.1. The number of aromatic amines is 1. The van der Waals surface area contributed by atoms with E-state index in [2.05, 4.69) is 31.1 Å². The molecule has 20 heavy (non-hydrogen) atoms. The van der Waals surface area contributed by atoms with E-state index in [1.807, 2.05) is 13.8 Å². The summed E-state index contributed by atoms with van der Waals surface area (Å²) in [4.78, 5) is 14.5. The summed E-state index contributed by atoms with van der Waals surface area (Å²) in [6.45, 7) is 4.00. The molecule has 0 bridgehead atoms. The maximum Gasteiger partial charge on any atom is 0.313 e. The molecule has 0 atom stereocenters. The molecule has 8 heteroatoms. The molecule has 0 spiro atoms. The summed E-state index contributed by atoms with van der Waals surface area (Å²) in [5, 5.41) is 25.1. The minimum absolute atomic E-state index is 0.0733. The Balaban J connectivity index is 0.000000956. The molecule has 108 valence electrons. The van der Waals surface area contributed by atoms with Crippen LogP contribution in [0.3, 0.4) is 0 Å². The topological polar surface area (TPSA) is 99.1 Å². The van der Waals surface area contributed by atoms with Crippen molar-refractivity contribution in [3.63, 3.8) is 0 Å². The maximum atomic E-state index is 10.4. The van der Waals surface area contributed by atoms with Crippen LogP contribution in [0.1, 0.15) is 13.8 Å². The quantitative estimate of drug-likeness (QED) is 0.725. The first-order chi connectivity index (χ1) is 9.56. The van der Waals surface area contributed by atoms with Crippen molar-refractivity contribution in [3.8, 4) is 17.1 Å². The van der Waals surface area contributed by atoms with Gasteiger partial charge in [-0.05, 0) is 18.2 Å². The number of nitrogens with zero attached hydrogens (tertiary/aromatic N) is 2. The monoisotopic (exact) mass is 359 g/mol. The van der Waals surface area contributed by atoms with Crippen molar-refractivity contribution in [1.82, 2.24) is 15.2 Å². The van der Waals surface area contributed by atoms with Gasteiger partial charge >= 0.3 is 5.97 Å². The molecule has 1 aromatic heterocycles. The molecular formula is C12H14BrN3O3S. The molecule has 0 amide bonds. The molecule has 0 aliphatic rings. The van der Waals surface area contributed by atoms with E-state index >= 15 is 0 Å². The Morgan fingerprint density at radius 1 is 1.45 bits per heavy atom. The normalized spacial score (nSPS) is 9.75. The molecule has 1 heterocycles. The van der Waals surface area contributed by atoms with E-state index in [1.54, 1.807) is 12.1 Å². The van der Waals surface area contributed by atoms with Crippen molar-refractivity contribution in [2.24, 2.45) is 0 Å². The average Bonchev–Trinajstić information content (AvgIpc) is 2.90. The molecule has 6 nitrogen and oxygen atoms in total. The van der Waals surface area contributed by atoms with Crippen LogP contribution in [0.25, 0.3) is 11.4 Å². The number of H-pyrrole nitrogens is 1. The number of phenols is 1. The SMILES string of the molecule is CC.O=C(O)CSc1n[nH]c(-c2cc(Br)ccc2O)n1. The second kappa shape index (κ2) is 7.91. The van der Waals surface area contributed by atoms with Gasteiger partial charge in [0.1, 0.15) is 5.75 Å². The smallest absolute Gasteiger partial charge is 0.313 e. The molecule has 0 saturated carbocycles. The zero-order valence-electron chi connectivity index (χ0n) is 10.9. The second-order valence-electron chi connectivity index (χ2n) is 3.31. The van der Waals surface area contributed by atoms with Crippen molar-refractivity contribution in [2.45, 2.75) is 19.0 Å². The van der Waals surface area contributed by atoms with Gasteiger partial charge in [0.25, 0.3) is 0 Å². The Kier molecular flexibility index (Phi) is 6.53. The maximum absolute atomic E-state index is 10.4. The van der Waals surface area contributed by atoms with E-state index < -0.39 is 5.97 Å². The minimum Gasteiger partial charge on any atom is -0.507 e. The number of halogens is 1. The number of hydrogen-bond acceptors (Lipinski definition) is 5. The number of carboxylic acid groups (broad SMARTS) is 1. The van der Waals surface area contributed by atoms with Crippen LogP contribution >= 0.6 is 27.7 Å². The van der Waals surface area contributed by atoms with Crippen LogP contribution in [-0.2, 0) is 4.79 Å². The molecule has 0 fully saturated rings. The van der Waals surface area contributed by atoms with E-state index in [-0.39, 0.29) is 11.5 Å². The Hall–Kier alpha value is -1.54. The van der Waals surface area contributed by atoms with E-state index in [0.29, 0.717) is 16.5 Å². The highest BCUT2D eigenvalue weighted by atomic mass is 79.9. The lowest BCUT2D eigenvalue weighted by Crippen LogP contribution is -1.97. The molecule has 2 rings (SSSR count). The van der Waals surface area contributed by atoms with Gasteiger partial charge in [0, 0.05) is 4.47 Å². The number of aromatic hydroxyl groups is 1. The number of thioether (sulfide) groups is 1. The summed E-state index contributed by atoms with van der Waals surface area (Å²) in [6, 6.07) is 4.93. The highest BCUT2D eigenvalue weighted by Gasteiger charge is 2.11. The predicted octanol–water partition coefficient (Wildman–Crippen LogP) is 3.14. The van der Waals surface area contributed by atoms with Crippen LogP contribution in [0.15, 0.2) is 27.8 Å². The van der Waals surface area contributed by atoms with Gasteiger partial charge in [-0.15, -0.1) is 5.10 Å². The third kappa shape index (κ3) is 4.53. The first kappa shape index (κ1) is 16.5. The molecule has 0 radical (unpaired) electrons. The number of carboxylic acids is 1. The summed E-state index contributed by atoms with van der Waals surface area (Å²) in [6.07, 6.45) is 0. The first-order valence-corrected chi connectivity index (χ1v) is 7.60. The first-order valence-electron chi connectivity index (χ1n) is 5.82.